The van der Waals surface area contributed by atoms with Gasteiger partial charge in [-0.2, -0.15) is 0 Å². The molecule has 0 atom stereocenters. The predicted molar refractivity (Wildman–Crippen MR) is 91.7 cm³/mol. The monoisotopic (exact) mass is 357 g/mol. The highest BCUT2D eigenvalue weighted by atomic mass is 79.9. The number of halogens is 1. The fourth-order valence-electron chi connectivity index (χ4n) is 1.59. The van der Waals surface area contributed by atoms with Crippen LogP contribution in [0.4, 0.5) is 0 Å². The van der Waals surface area contributed by atoms with Crippen molar-refractivity contribution in [1.82, 2.24) is 15.2 Å². The molecular formula is C16H28BrN3O. The first-order valence-corrected chi connectivity index (χ1v) is 8.17. The minimum Gasteiger partial charge on any atom is -0.475 e. The summed E-state index contributed by atoms with van der Waals surface area (Å²) in [4.78, 5) is 6.57. The Morgan fingerprint density at radius 2 is 2.05 bits per heavy atom. The van der Waals surface area contributed by atoms with Gasteiger partial charge in [0, 0.05) is 28.3 Å². The molecule has 120 valence electrons. The molecule has 1 heterocycles. The lowest BCUT2D eigenvalue weighted by molar-refractivity contribution is 0.110. The summed E-state index contributed by atoms with van der Waals surface area (Å²) >= 11 is 3.48. The van der Waals surface area contributed by atoms with E-state index in [4.69, 9.17) is 4.74 Å². The van der Waals surface area contributed by atoms with Crippen LogP contribution in [0.15, 0.2) is 16.7 Å². The number of likely N-dealkylation sites (N-methyl/N-ethyl adjacent to an activating group) is 1. The fourth-order valence-corrected chi connectivity index (χ4v) is 1.97. The summed E-state index contributed by atoms with van der Waals surface area (Å²) in [6, 6.07) is 2.07. The zero-order valence-electron chi connectivity index (χ0n) is 14.0. The molecule has 1 aromatic rings. The maximum Gasteiger partial charge on any atom is 0.217 e. The average Bonchev–Trinajstić information content (AvgIpc) is 2.37. The van der Waals surface area contributed by atoms with Crippen LogP contribution in [0.5, 0.6) is 5.88 Å². The van der Waals surface area contributed by atoms with E-state index in [1.54, 1.807) is 6.20 Å². The van der Waals surface area contributed by atoms with E-state index in [0.717, 1.165) is 23.1 Å². The van der Waals surface area contributed by atoms with E-state index >= 15 is 0 Å². The third-order valence-corrected chi connectivity index (χ3v) is 3.97. The van der Waals surface area contributed by atoms with Crippen molar-refractivity contribution in [3.8, 4) is 5.88 Å². The van der Waals surface area contributed by atoms with Crippen LogP contribution in [0, 0.1) is 5.92 Å². The number of pyridine rings is 1. The van der Waals surface area contributed by atoms with Gasteiger partial charge in [-0.25, -0.2) is 4.98 Å². The van der Waals surface area contributed by atoms with Crippen LogP contribution in [-0.2, 0) is 6.54 Å². The van der Waals surface area contributed by atoms with Crippen molar-refractivity contribution in [2.24, 2.45) is 5.92 Å². The fraction of sp³-hybridized carbons (Fsp3) is 0.688. The van der Waals surface area contributed by atoms with E-state index in [1.807, 2.05) is 0 Å². The highest BCUT2D eigenvalue weighted by Gasteiger charge is 2.22. The van der Waals surface area contributed by atoms with Crippen molar-refractivity contribution in [1.29, 1.82) is 0 Å². The van der Waals surface area contributed by atoms with Crippen LogP contribution in [0.3, 0.4) is 0 Å². The molecule has 0 fully saturated rings. The molecule has 0 saturated heterocycles. The molecule has 0 aliphatic heterocycles. The zero-order valence-corrected chi connectivity index (χ0v) is 15.6. The van der Waals surface area contributed by atoms with E-state index in [2.05, 4.69) is 79.0 Å². The molecule has 21 heavy (non-hydrogen) atoms. The zero-order chi connectivity index (χ0) is 16.0. The topological polar surface area (TPSA) is 37.4 Å². The summed E-state index contributed by atoms with van der Waals surface area (Å²) in [5.41, 5.74) is 1.05. The van der Waals surface area contributed by atoms with Gasteiger partial charge in [0.25, 0.3) is 0 Å². The van der Waals surface area contributed by atoms with E-state index in [0.29, 0.717) is 18.4 Å². The second-order valence-electron chi connectivity index (χ2n) is 6.64. The molecule has 1 aromatic heterocycles. The molecule has 0 amide bonds. The number of hydrogen-bond donors (Lipinski definition) is 1. The van der Waals surface area contributed by atoms with Gasteiger partial charge in [0.1, 0.15) is 6.61 Å². The molecule has 0 saturated carbocycles. The van der Waals surface area contributed by atoms with Crippen molar-refractivity contribution in [3.63, 3.8) is 0 Å². The van der Waals surface area contributed by atoms with Crippen LogP contribution >= 0.6 is 15.9 Å². The van der Waals surface area contributed by atoms with Crippen LogP contribution in [0.25, 0.3) is 0 Å². The standard InChI is InChI=1S/C16H28BrN3O/c1-12(2)8-18-9-13-7-14(17)10-19-15(13)21-11-16(3,4)20(5)6/h7,10,12,18H,8-9,11H2,1-6H3. The maximum atomic E-state index is 5.96. The Morgan fingerprint density at radius 3 is 2.62 bits per heavy atom. The Hall–Kier alpha value is -0.650. The van der Waals surface area contributed by atoms with Gasteiger partial charge in [-0.1, -0.05) is 13.8 Å². The van der Waals surface area contributed by atoms with Gasteiger partial charge in [0.15, 0.2) is 0 Å². The first kappa shape index (κ1) is 18.4. The van der Waals surface area contributed by atoms with Crippen molar-refractivity contribution < 1.29 is 4.74 Å². The average molecular weight is 358 g/mol. The Balaban J connectivity index is 2.72. The molecule has 1 N–H and O–H groups in total. The molecule has 4 nitrogen and oxygen atoms in total. The van der Waals surface area contributed by atoms with Crippen LogP contribution in [0.1, 0.15) is 33.3 Å². The van der Waals surface area contributed by atoms with Crippen molar-refractivity contribution in [2.45, 2.75) is 39.8 Å². The van der Waals surface area contributed by atoms with Crippen molar-refractivity contribution in [3.05, 3.63) is 22.3 Å². The van der Waals surface area contributed by atoms with Crippen molar-refractivity contribution >= 4 is 15.9 Å². The van der Waals surface area contributed by atoms with E-state index < -0.39 is 0 Å². The number of aromatic nitrogens is 1. The van der Waals surface area contributed by atoms with Gasteiger partial charge in [0.05, 0.1) is 0 Å². The smallest absolute Gasteiger partial charge is 0.217 e. The summed E-state index contributed by atoms with van der Waals surface area (Å²) in [6.45, 7) is 11.1. The van der Waals surface area contributed by atoms with Gasteiger partial charge in [-0.05, 0) is 62.4 Å². The van der Waals surface area contributed by atoms with Gasteiger partial charge in [-0.15, -0.1) is 0 Å². The van der Waals surface area contributed by atoms with Crippen LogP contribution < -0.4 is 10.1 Å². The minimum atomic E-state index is -0.0304. The summed E-state index contributed by atoms with van der Waals surface area (Å²) in [7, 11) is 4.12. The summed E-state index contributed by atoms with van der Waals surface area (Å²) in [6.07, 6.45) is 1.78. The van der Waals surface area contributed by atoms with E-state index in [1.165, 1.54) is 0 Å². The number of nitrogens with zero attached hydrogens (tertiary/aromatic N) is 2. The molecule has 0 aliphatic rings. The molecule has 0 aromatic carbocycles. The third-order valence-electron chi connectivity index (χ3n) is 3.53. The number of hydrogen-bond acceptors (Lipinski definition) is 4. The SMILES string of the molecule is CC(C)CNCc1cc(Br)cnc1OCC(C)(C)N(C)C. The Labute approximate surface area is 137 Å². The second kappa shape index (κ2) is 8.11. The van der Waals surface area contributed by atoms with Gasteiger partial charge < -0.3 is 15.0 Å². The first-order valence-electron chi connectivity index (χ1n) is 7.37. The van der Waals surface area contributed by atoms with Crippen molar-refractivity contribution in [2.75, 3.05) is 27.2 Å². The maximum absolute atomic E-state index is 5.96. The van der Waals surface area contributed by atoms with E-state index in [-0.39, 0.29) is 5.54 Å². The molecule has 0 bridgehead atoms. The Kier molecular flexibility index (Phi) is 7.10. The largest absolute Gasteiger partial charge is 0.475 e. The lowest BCUT2D eigenvalue weighted by Crippen LogP contribution is -2.43. The van der Waals surface area contributed by atoms with Crippen LogP contribution in [0.2, 0.25) is 0 Å². The highest BCUT2D eigenvalue weighted by molar-refractivity contribution is 9.10. The van der Waals surface area contributed by atoms with Gasteiger partial charge in [-0.3, -0.25) is 0 Å². The molecule has 0 spiro atoms. The lowest BCUT2D eigenvalue weighted by Gasteiger charge is -2.32. The third kappa shape index (κ3) is 6.32. The molecule has 1 rings (SSSR count). The number of rotatable bonds is 8. The quantitative estimate of drug-likeness (QED) is 0.774. The Bertz CT molecular complexity index is 447. The highest BCUT2D eigenvalue weighted by Crippen LogP contribution is 2.22. The van der Waals surface area contributed by atoms with Gasteiger partial charge >= 0.3 is 0 Å². The Morgan fingerprint density at radius 1 is 1.38 bits per heavy atom. The normalized spacial score (nSPS) is 12.2. The number of nitrogens with one attached hydrogen (secondary N) is 1. The predicted octanol–water partition coefficient (Wildman–Crippen LogP) is 3.31. The van der Waals surface area contributed by atoms with Gasteiger partial charge in [0.2, 0.25) is 5.88 Å². The van der Waals surface area contributed by atoms with E-state index in [9.17, 15) is 0 Å². The second-order valence-corrected chi connectivity index (χ2v) is 7.55. The van der Waals surface area contributed by atoms with Crippen LogP contribution in [-0.4, -0.2) is 42.7 Å². The molecule has 0 radical (unpaired) electrons. The molecule has 5 heteroatoms. The molecule has 0 aliphatic carbocycles. The molecular weight excluding hydrogens is 330 g/mol. The summed E-state index contributed by atoms with van der Waals surface area (Å²) in [5.74, 6) is 1.34. The first-order chi connectivity index (χ1) is 9.72. The minimum absolute atomic E-state index is 0.0304. The molecule has 0 unspecified atom stereocenters. The lowest BCUT2D eigenvalue weighted by atomic mass is 10.1. The number of ether oxygens (including phenoxy) is 1. The summed E-state index contributed by atoms with van der Waals surface area (Å²) in [5, 5.41) is 3.44. The summed E-state index contributed by atoms with van der Waals surface area (Å²) < 4.78 is 6.94.